The van der Waals surface area contributed by atoms with Gasteiger partial charge in [-0.25, -0.2) is 0 Å². The molecule has 0 radical (unpaired) electrons. The highest BCUT2D eigenvalue weighted by atomic mass is 16.5. The molecule has 2 aromatic rings. The summed E-state index contributed by atoms with van der Waals surface area (Å²) in [5.41, 5.74) is 5.91. The van der Waals surface area contributed by atoms with E-state index in [1.54, 1.807) is 7.11 Å². The fourth-order valence-electron chi connectivity index (χ4n) is 2.82. The van der Waals surface area contributed by atoms with Crippen LogP contribution in [0.3, 0.4) is 0 Å². The van der Waals surface area contributed by atoms with Gasteiger partial charge in [0.25, 0.3) is 0 Å². The minimum Gasteiger partial charge on any atom is -0.496 e. The average molecular weight is 284 g/mol. The molecule has 0 fully saturated rings. The van der Waals surface area contributed by atoms with Gasteiger partial charge >= 0.3 is 0 Å². The zero-order valence-corrected chi connectivity index (χ0v) is 13.5. The SMILES string of the molecule is CCNC(c1ccnc(C)c1)c1c(C)cc(C)cc1OC. The lowest BCUT2D eigenvalue weighted by atomic mass is 9.93. The first-order valence-corrected chi connectivity index (χ1v) is 7.37. The maximum Gasteiger partial charge on any atom is 0.124 e. The molecule has 1 unspecified atom stereocenters. The smallest absolute Gasteiger partial charge is 0.124 e. The third kappa shape index (κ3) is 3.42. The van der Waals surface area contributed by atoms with Crippen LogP contribution < -0.4 is 10.1 Å². The lowest BCUT2D eigenvalue weighted by Gasteiger charge is -2.24. The predicted molar refractivity (Wildman–Crippen MR) is 87.0 cm³/mol. The van der Waals surface area contributed by atoms with Crippen molar-refractivity contribution in [3.8, 4) is 5.75 Å². The molecule has 21 heavy (non-hydrogen) atoms. The van der Waals surface area contributed by atoms with Gasteiger partial charge in [0.15, 0.2) is 0 Å². The van der Waals surface area contributed by atoms with E-state index in [1.165, 1.54) is 22.3 Å². The normalized spacial score (nSPS) is 12.2. The van der Waals surface area contributed by atoms with Crippen LogP contribution in [-0.4, -0.2) is 18.6 Å². The summed E-state index contributed by atoms with van der Waals surface area (Å²) < 4.78 is 5.63. The molecule has 0 bridgehead atoms. The molecule has 3 heteroatoms. The van der Waals surface area contributed by atoms with E-state index in [0.717, 1.165) is 18.0 Å². The third-order valence-corrected chi connectivity index (χ3v) is 3.66. The van der Waals surface area contributed by atoms with Gasteiger partial charge in [-0.2, -0.15) is 0 Å². The lowest BCUT2D eigenvalue weighted by Crippen LogP contribution is -2.23. The van der Waals surface area contributed by atoms with E-state index in [4.69, 9.17) is 4.74 Å². The quantitative estimate of drug-likeness (QED) is 0.908. The highest BCUT2D eigenvalue weighted by Crippen LogP contribution is 2.34. The van der Waals surface area contributed by atoms with Crippen molar-refractivity contribution in [2.75, 3.05) is 13.7 Å². The van der Waals surface area contributed by atoms with Gasteiger partial charge < -0.3 is 10.1 Å². The first-order chi connectivity index (χ1) is 10.1. The molecule has 1 N–H and O–H groups in total. The summed E-state index contributed by atoms with van der Waals surface area (Å²) >= 11 is 0. The van der Waals surface area contributed by atoms with Gasteiger partial charge in [-0.05, 0) is 62.2 Å². The number of nitrogens with one attached hydrogen (secondary N) is 1. The number of aromatic nitrogens is 1. The standard InChI is InChI=1S/C18H24N2O/c1-6-19-18(15-7-8-20-14(4)11-15)17-13(3)9-12(2)10-16(17)21-5/h7-11,18-19H,6H2,1-5H3. The van der Waals surface area contributed by atoms with Crippen LogP contribution in [-0.2, 0) is 0 Å². The Morgan fingerprint density at radius 1 is 1.19 bits per heavy atom. The Balaban J connectivity index is 2.58. The van der Waals surface area contributed by atoms with Gasteiger partial charge in [0.05, 0.1) is 13.2 Å². The second-order valence-corrected chi connectivity index (χ2v) is 5.42. The highest BCUT2D eigenvalue weighted by molar-refractivity contribution is 5.48. The van der Waals surface area contributed by atoms with Gasteiger partial charge in [0.2, 0.25) is 0 Å². The van der Waals surface area contributed by atoms with Crippen molar-refractivity contribution in [3.05, 3.63) is 58.4 Å². The molecule has 112 valence electrons. The summed E-state index contributed by atoms with van der Waals surface area (Å²) in [6.07, 6.45) is 1.87. The molecule has 0 aliphatic carbocycles. The molecule has 0 aliphatic heterocycles. The van der Waals surface area contributed by atoms with E-state index in [1.807, 2.05) is 13.1 Å². The first kappa shape index (κ1) is 15.5. The van der Waals surface area contributed by atoms with Crippen molar-refractivity contribution in [3.63, 3.8) is 0 Å². The number of pyridine rings is 1. The lowest BCUT2D eigenvalue weighted by molar-refractivity contribution is 0.403. The summed E-state index contributed by atoms with van der Waals surface area (Å²) in [6.45, 7) is 9.27. The number of benzene rings is 1. The van der Waals surface area contributed by atoms with Crippen LogP contribution in [0, 0.1) is 20.8 Å². The molecule has 1 aromatic heterocycles. The zero-order valence-electron chi connectivity index (χ0n) is 13.5. The first-order valence-electron chi connectivity index (χ1n) is 7.37. The Bertz CT molecular complexity index is 623. The molecule has 0 saturated carbocycles. The van der Waals surface area contributed by atoms with Crippen molar-refractivity contribution < 1.29 is 4.74 Å². The van der Waals surface area contributed by atoms with Crippen LogP contribution in [0.1, 0.15) is 40.9 Å². The van der Waals surface area contributed by atoms with Crippen LogP contribution in [0.25, 0.3) is 0 Å². The second-order valence-electron chi connectivity index (χ2n) is 5.42. The molecule has 0 amide bonds. The van der Waals surface area contributed by atoms with Crippen LogP contribution in [0.15, 0.2) is 30.5 Å². The molecule has 3 nitrogen and oxygen atoms in total. The number of nitrogens with zero attached hydrogens (tertiary/aromatic N) is 1. The number of hydrogen-bond acceptors (Lipinski definition) is 3. The Morgan fingerprint density at radius 3 is 2.57 bits per heavy atom. The monoisotopic (exact) mass is 284 g/mol. The largest absolute Gasteiger partial charge is 0.496 e. The molecule has 0 spiro atoms. The van der Waals surface area contributed by atoms with Crippen molar-refractivity contribution >= 4 is 0 Å². The molecule has 1 aromatic carbocycles. The van der Waals surface area contributed by atoms with Gasteiger partial charge in [-0.3, -0.25) is 4.98 Å². The highest BCUT2D eigenvalue weighted by Gasteiger charge is 2.20. The summed E-state index contributed by atoms with van der Waals surface area (Å²) in [5, 5.41) is 3.57. The summed E-state index contributed by atoms with van der Waals surface area (Å²) in [5.74, 6) is 0.938. The predicted octanol–water partition coefficient (Wildman–Crippen LogP) is 3.71. The van der Waals surface area contributed by atoms with E-state index in [9.17, 15) is 0 Å². The van der Waals surface area contributed by atoms with E-state index in [-0.39, 0.29) is 6.04 Å². The third-order valence-electron chi connectivity index (χ3n) is 3.66. The summed E-state index contributed by atoms with van der Waals surface area (Å²) in [6, 6.07) is 8.62. The van der Waals surface area contributed by atoms with Crippen LogP contribution >= 0.6 is 0 Å². The minimum atomic E-state index is 0.118. The minimum absolute atomic E-state index is 0.118. The molecule has 2 rings (SSSR count). The number of aryl methyl sites for hydroxylation is 3. The zero-order chi connectivity index (χ0) is 15.4. The number of methoxy groups -OCH3 is 1. The maximum absolute atomic E-state index is 5.63. The van der Waals surface area contributed by atoms with Crippen molar-refractivity contribution in [1.29, 1.82) is 0 Å². The second kappa shape index (κ2) is 6.72. The van der Waals surface area contributed by atoms with Gasteiger partial charge in [-0.15, -0.1) is 0 Å². The number of ether oxygens (including phenoxy) is 1. The van der Waals surface area contributed by atoms with E-state index < -0.39 is 0 Å². The van der Waals surface area contributed by atoms with E-state index >= 15 is 0 Å². The van der Waals surface area contributed by atoms with Crippen LogP contribution in [0.5, 0.6) is 5.75 Å². The van der Waals surface area contributed by atoms with E-state index in [0.29, 0.717) is 0 Å². The van der Waals surface area contributed by atoms with Gasteiger partial charge in [0.1, 0.15) is 5.75 Å². The number of hydrogen-bond donors (Lipinski definition) is 1. The van der Waals surface area contributed by atoms with Crippen LogP contribution in [0.2, 0.25) is 0 Å². The Morgan fingerprint density at radius 2 is 1.95 bits per heavy atom. The molecular formula is C18H24N2O. The molecule has 0 aliphatic rings. The van der Waals surface area contributed by atoms with Crippen molar-refractivity contribution in [1.82, 2.24) is 10.3 Å². The maximum atomic E-state index is 5.63. The Kier molecular flexibility index (Phi) is 4.97. The Hall–Kier alpha value is -1.87. The van der Waals surface area contributed by atoms with E-state index in [2.05, 4.69) is 55.3 Å². The molecule has 0 saturated heterocycles. The Labute approximate surface area is 127 Å². The molecule has 1 heterocycles. The molecule has 1 atom stereocenters. The van der Waals surface area contributed by atoms with Crippen molar-refractivity contribution in [2.45, 2.75) is 33.7 Å². The van der Waals surface area contributed by atoms with Crippen LogP contribution in [0.4, 0.5) is 0 Å². The average Bonchev–Trinajstić information content (AvgIpc) is 2.44. The van der Waals surface area contributed by atoms with Gasteiger partial charge in [0, 0.05) is 17.5 Å². The number of rotatable bonds is 5. The fraction of sp³-hybridized carbons (Fsp3) is 0.389. The molecular weight excluding hydrogens is 260 g/mol. The summed E-state index contributed by atoms with van der Waals surface area (Å²) in [4.78, 5) is 4.30. The van der Waals surface area contributed by atoms with Gasteiger partial charge in [-0.1, -0.05) is 13.0 Å². The topological polar surface area (TPSA) is 34.2 Å². The summed E-state index contributed by atoms with van der Waals surface area (Å²) in [7, 11) is 1.73. The van der Waals surface area contributed by atoms with Crippen molar-refractivity contribution in [2.24, 2.45) is 0 Å². The fourth-order valence-corrected chi connectivity index (χ4v) is 2.82.